The van der Waals surface area contributed by atoms with Crippen LogP contribution in [0.1, 0.15) is 43.2 Å². The number of benzene rings is 2. The molecule has 0 spiro atoms. The van der Waals surface area contributed by atoms with Crippen molar-refractivity contribution in [2.24, 2.45) is 5.92 Å². The van der Waals surface area contributed by atoms with E-state index < -0.39 is 36.9 Å². The fraction of sp³-hybridized carbons (Fsp3) is 0.400. The Morgan fingerprint density at radius 3 is 2.18 bits per heavy atom. The summed E-state index contributed by atoms with van der Waals surface area (Å²) in [6.45, 7) is 2.20. The van der Waals surface area contributed by atoms with Crippen LogP contribution in [0, 0.1) is 5.92 Å². The summed E-state index contributed by atoms with van der Waals surface area (Å²) in [5, 5.41) is 13.7. The number of halogens is 2. The second-order valence-corrected chi connectivity index (χ2v) is 8.44. The number of nitrogens with one attached hydrogen (secondary N) is 2. The maximum Gasteiger partial charge on any atom is 0.407 e. The van der Waals surface area contributed by atoms with Gasteiger partial charge in [-0.2, -0.15) is 0 Å². The number of hydrogen-bond donors (Lipinski definition) is 3. The van der Waals surface area contributed by atoms with Crippen LogP contribution < -0.4 is 10.6 Å². The Balaban J connectivity index is 1.41. The zero-order valence-corrected chi connectivity index (χ0v) is 18.8. The first kappa shape index (κ1) is 25.1. The molecule has 2 unspecified atom stereocenters. The normalized spacial score (nSPS) is 14.1. The van der Waals surface area contributed by atoms with Crippen LogP contribution in [0.2, 0.25) is 0 Å². The molecular weight excluding hydrogens is 446 g/mol. The molecule has 0 saturated heterocycles. The highest BCUT2D eigenvalue weighted by Crippen LogP contribution is 2.44. The first-order valence-electron chi connectivity index (χ1n) is 11.2. The number of aliphatic carboxylic acids is 1. The van der Waals surface area contributed by atoms with Crippen molar-refractivity contribution >= 4 is 18.0 Å². The lowest BCUT2D eigenvalue weighted by molar-refractivity contribution is -0.143. The van der Waals surface area contributed by atoms with Gasteiger partial charge in [-0.05, 0) is 34.6 Å². The Labute approximate surface area is 196 Å². The highest BCUT2D eigenvalue weighted by Gasteiger charge is 2.29. The predicted molar refractivity (Wildman–Crippen MR) is 122 cm³/mol. The number of fused-ring (bicyclic) bond motifs is 3. The molecule has 9 heteroatoms. The van der Waals surface area contributed by atoms with Gasteiger partial charge in [-0.25, -0.2) is 18.4 Å². The van der Waals surface area contributed by atoms with Gasteiger partial charge in [0.25, 0.3) is 0 Å². The summed E-state index contributed by atoms with van der Waals surface area (Å²) in [5.41, 5.74) is 4.50. The van der Waals surface area contributed by atoms with E-state index in [0.717, 1.165) is 22.3 Å². The minimum atomic E-state index is -2.83. The third kappa shape index (κ3) is 6.52. The topological polar surface area (TPSA) is 105 Å². The number of rotatable bonds is 11. The van der Waals surface area contributed by atoms with Gasteiger partial charge < -0.3 is 20.5 Å². The molecule has 7 nitrogen and oxygen atoms in total. The lowest BCUT2D eigenvalue weighted by Crippen LogP contribution is -2.42. The number of carbonyl (C=O) groups is 3. The molecule has 1 aliphatic rings. The zero-order chi connectivity index (χ0) is 24.7. The number of alkyl carbamates (subject to hydrolysis) is 1. The molecule has 3 rings (SSSR count). The Morgan fingerprint density at radius 2 is 1.62 bits per heavy atom. The standard InChI is InChI=1S/C25H28F2N2O5/c1-15(12-23(30)29-21(24(31)32)13-22(26)27)10-11-28-25(33)34-14-20-18-8-4-2-6-16(18)17-7-3-5-9-19(17)20/h2-9,15,20-22H,10-14H2,1H3,(H,28,33)(H,29,30)(H,31,32). The Kier molecular flexibility index (Phi) is 8.56. The van der Waals surface area contributed by atoms with Gasteiger partial charge in [0.05, 0.1) is 0 Å². The lowest BCUT2D eigenvalue weighted by atomic mass is 9.98. The lowest BCUT2D eigenvalue weighted by Gasteiger charge is -2.17. The molecule has 0 bridgehead atoms. The third-order valence-electron chi connectivity index (χ3n) is 5.83. The molecule has 0 fully saturated rings. The highest BCUT2D eigenvalue weighted by molar-refractivity contribution is 5.83. The third-order valence-corrected chi connectivity index (χ3v) is 5.83. The molecule has 182 valence electrons. The Hall–Kier alpha value is -3.49. The summed E-state index contributed by atoms with van der Waals surface area (Å²) in [6, 6.07) is 14.4. The Morgan fingerprint density at radius 1 is 1.03 bits per heavy atom. The molecule has 2 atom stereocenters. The average Bonchev–Trinajstić information content (AvgIpc) is 3.10. The number of carboxylic acids is 1. The average molecular weight is 475 g/mol. The molecule has 0 saturated carbocycles. The summed E-state index contributed by atoms with van der Waals surface area (Å²) in [5.74, 6) is -2.37. The SMILES string of the molecule is CC(CCNC(=O)OCC1c2ccccc2-c2ccccc21)CC(=O)NC(CC(F)F)C(=O)O. The van der Waals surface area contributed by atoms with E-state index in [0.29, 0.717) is 6.42 Å². The Bertz CT molecular complexity index is 984. The number of carbonyl (C=O) groups excluding carboxylic acids is 2. The first-order valence-corrected chi connectivity index (χ1v) is 11.2. The fourth-order valence-electron chi connectivity index (χ4n) is 4.14. The van der Waals surface area contributed by atoms with Crippen molar-refractivity contribution in [2.45, 2.75) is 44.6 Å². The summed E-state index contributed by atoms with van der Waals surface area (Å²) >= 11 is 0. The van der Waals surface area contributed by atoms with Gasteiger partial charge in [-0.15, -0.1) is 0 Å². The number of ether oxygens (including phenoxy) is 1. The smallest absolute Gasteiger partial charge is 0.407 e. The molecule has 0 heterocycles. The fourth-order valence-corrected chi connectivity index (χ4v) is 4.14. The van der Waals surface area contributed by atoms with Gasteiger partial charge in [0.15, 0.2) is 0 Å². The van der Waals surface area contributed by atoms with E-state index in [4.69, 9.17) is 9.84 Å². The maximum atomic E-state index is 12.4. The van der Waals surface area contributed by atoms with Crippen molar-refractivity contribution < 1.29 is 33.0 Å². The van der Waals surface area contributed by atoms with E-state index in [9.17, 15) is 23.2 Å². The van der Waals surface area contributed by atoms with Gasteiger partial charge in [0, 0.05) is 25.3 Å². The molecule has 2 aromatic carbocycles. The van der Waals surface area contributed by atoms with Crippen LogP contribution in [0.4, 0.5) is 13.6 Å². The predicted octanol–water partition coefficient (Wildman–Crippen LogP) is 4.17. The van der Waals surface area contributed by atoms with Crippen LogP contribution in [-0.2, 0) is 14.3 Å². The minimum Gasteiger partial charge on any atom is -0.480 e. The second-order valence-electron chi connectivity index (χ2n) is 8.44. The number of hydrogen-bond acceptors (Lipinski definition) is 4. The largest absolute Gasteiger partial charge is 0.480 e. The van der Waals surface area contributed by atoms with Gasteiger partial charge in [-0.3, -0.25) is 4.79 Å². The van der Waals surface area contributed by atoms with Crippen molar-refractivity contribution in [1.82, 2.24) is 10.6 Å². The van der Waals surface area contributed by atoms with E-state index in [1.165, 1.54) is 0 Å². The van der Waals surface area contributed by atoms with E-state index in [1.807, 2.05) is 36.4 Å². The van der Waals surface area contributed by atoms with E-state index in [1.54, 1.807) is 6.92 Å². The number of alkyl halides is 2. The van der Waals surface area contributed by atoms with E-state index >= 15 is 0 Å². The van der Waals surface area contributed by atoms with Crippen LogP contribution >= 0.6 is 0 Å². The summed E-state index contributed by atoms with van der Waals surface area (Å²) in [7, 11) is 0. The monoisotopic (exact) mass is 474 g/mol. The second kappa shape index (κ2) is 11.6. The van der Waals surface area contributed by atoms with Crippen LogP contribution in [0.3, 0.4) is 0 Å². The molecule has 0 aliphatic heterocycles. The number of amides is 2. The molecule has 0 radical (unpaired) electrons. The van der Waals surface area contributed by atoms with Crippen molar-refractivity contribution in [3.8, 4) is 11.1 Å². The van der Waals surface area contributed by atoms with Gasteiger partial charge >= 0.3 is 12.1 Å². The van der Waals surface area contributed by atoms with Crippen molar-refractivity contribution in [2.75, 3.05) is 13.2 Å². The maximum absolute atomic E-state index is 12.4. The summed E-state index contributed by atoms with van der Waals surface area (Å²) in [4.78, 5) is 35.2. The van der Waals surface area contributed by atoms with Crippen molar-refractivity contribution in [3.05, 3.63) is 59.7 Å². The molecule has 1 aliphatic carbocycles. The van der Waals surface area contributed by atoms with Crippen molar-refractivity contribution in [3.63, 3.8) is 0 Å². The summed E-state index contributed by atoms with van der Waals surface area (Å²) in [6.07, 6.45) is -3.95. The molecule has 2 aromatic rings. The molecule has 0 aromatic heterocycles. The minimum absolute atomic E-state index is 0.0423. The summed E-state index contributed by atoms with van der Waals surface area (Å²) < 4.78 is 30.3. The molecular formula is C25H28F2N2O5. The van der Waals surface area contributed by atoms with E-state index in [-0.39, 0.29) is 31.4 Å². The quantitative estimate of drug-likeness (QED) is 0.454. The highest BCUT2D eigenvalue weighted by atomic mass is 19.3. The first-order chi connectivity index (χ1) is 16.3. The zero-order valence-electron chi connectivity index (χ0n) is 18.8. The van der Waals surface area contributed by atoms with Crippen LogP contribution in [0.15, 0.2) is 48.5 Å². The molecule has 34 heavy (non-hydrogen) atoms. The van der Waals surface area contributed by atoms with Crippen LogP contribution in [0.5, 0.6) is 0 Å². The van der Waals surface area contributed by atoms with Crippen LogP contribution in [0.25, 0.3) is 11.1 Å². The molecule has 3 N–H and O–H groups in total. The van der Waals surface area contributed by atoms with Gasteiger partial charge in [0.2, 0.25) is 12.3 Å². The van der Waals surface area contributed by atoms with Crippen molar-refractivity contribution in [1.29, 1.82) is 0 Å². The number of carboxylic acid groups (broad SMARTS) is 1. The van der Waals surface area contributed by atoms with Crippen LogP contribution in [-0.4, -0.2) is 48.7 Å². The van der Waals surface area contributed by atoms with E-state index in [2.05, 4.69) is 22.8 Å². The van der Waals surface area contributed by atoms with Gasteiger partial charge in [-0.1, -0.05) is 55.5 Å². The van der Waals surface area contributed by atoms with Gasteiger partial charge in [0.1, 0.15) is 12.6 Å². The molecule has 2 amide bonds.